The minimum atomic E-state index is -0.319. The first-order valence-corrected chi connectivity index (χ1v) is 10.1. The lowest BCUT2D eigenvalue weighted by atomic mass is 10.1. The molecule has 0 bridgehead atoms. The van der Waals surface area contributed by atoms with Gasteiger partial charge in [-0.05, 0) is 45.2 Å². The smallest absolute Gasteiger partial charge is 0.262 e. The van der Waals surface area contributed by atoms with Crippen LogP contribution in [0, 0.1) is 0 Å². The molecule has 0 atom stereocenters. The van der Waals surface area contributed by atoms with Crippen molar-refractivity contribution >= 4 is 34.0 Å². The van der Waals surface area contributed by atoms with E-state index in [9.17, 15) is 9.90 Å². The first kappa shape index (κ1) is 22.2. The Morgan fingerprint density at radius 2 is 2.03 bits per heavy atom. The third kappa shape index (κ3) is 5.37. The topological polar surface area (TPSA) is 114 Å². The summed E-state index contributed by atoms with van der Waals surface area (Å²) in [5, 5.41) is 16.9. The summed E-state index contributed by atoms with van der Waals surface area (Å²) >= 11 is 0. The van der Waals surface area contributed by atoms with E-state index < -0.39 is 0 Å². The summed E-state index contributed by atoms with van der Waals surface area (Å²) in [4.78, 5) is 26.1. The Balaban J connectivity index is 2.06. The van der Waals surface area contributed by atoms with Gasteiger partial charge in [0.1, 0.15) is 35.2 Å². The first-order valence-electron chi connectivity index (χ1n) is 10.1. The molecule has 0 saturated heterocycles. The van der Waals surface area contributed by atoms with Crippen LogP contribution in [0.25, 0.3) is 16.5 Å². The number of aliphatic hydroxyl groups is 1. The van der Waals surface area contributed by atoms with E-state index in [2.05, 4.69) is 32.2 Å². The fourth-order valence-corrected chi connectivity index (χ4v) is 3.05. The second-order valence-electron chi connectivity index (χ2n) is 8.00. The van der Waals surface area contributed by atoms with Gasteiger partial charge in [0.05, 0.1) is 18.6 Å². The van der Waals surface area contributed by atoms with Gasteiger partial charge in [-0.25, -0.2) is 15.0 Å². The predicted octanol–water partition coefficient (Wildman–Crippen LogP) is 3.14. The molecule has 31 heavy (non-hydrogen) atoms. The summed E-state index contributed by atoms with van der Waals surface area (Å²) in [7, 11) is 0. The van der Waals surface area contributed by atoms with Crippen LogP contribution < -0.4 is 16.2 Å². The third-order valence-corrected chi connectivity index (χ3v) is 4.32. The van der Waals surface area contributed by atoms with Crippen LogP contribution in [0.15, 0.2) is 42.1 Å². The Morgan fingerprint density at radius 1 is 1.26 bits per heavy atom. The summed E-state index contributed by atoms with van der Waals surface area (Å²) in [6.45, 7) is 12.3. The number of rotatable bonds is 8. The van der Waals surface area contributed by atoms with Crippen LogP contribution >= 0.6 is 0 Å². The van der Waals surface area contributed by atoms with Crippen molar-refractivity contribution in [3.8, 4) is 0 Å². The lowest BCUT2D eigenvalue weighted by Gasteiger charge is -2.23. The highest BCUT2D eigenvalue weighted by atomic mass is 16.5. The zero-order valence-corrected chi connectivity index (χ0v) is 18.3. The average Bonchev–Trinajstić information content (AvgIpc) is 2.69. The Hall–Kier alpha value is -3.46. The average molecular weight is 425 g/mol. The van der Waals surface area contributed by atoms with Gasteiger partial charge < -0.3 is 25.0 Å². The van der Waals surface area contributed by atoms with E-state index in [-0.39, 0.29) is 24.2 Å². The van der Waals surface area contributed by atoms with Crippen LogP contribution in [0.3, 0.4) is 0 Å². The minimum absolute atomic E-state index is 0.121. The molecule has 0 aliphatic rings. The normalized spacial score (nSPS) is 11.4. The van der Waals surface area contributed by atoms with E-state index >= 15 is 0 Å². The fourth-order valence-electron chi connectivity index (χ4n) is 3.05. The maximum absolute atomic E-state index is 13.0. The van der Waals surface area contributed by atoms with Crippen LogP contribution in [-0.2, 0) is 11.3 Å². The molecule has 0 saturated carbocycles. The van der Waals surface area contributed by atoms with Crippen molar-refractivity contribution in [3.63, 3.8) is 0 Å². The van der Waals surface area contributed by atoms with Crippen molar-refractivity contribution < 1.29 is 9.84 Å². The molecule has 164 valence electrons. The van der Waals surface area contributed by atoms with Gasteiger partial charge in [0.2, 0.25) is 0 Å². The number of nitrogens with one attached hydrogen (secondary N) is 2. The molecule has 0 unspecified atom stereocenters. The Kier molecular flexibility index (Phi) is 6.55. The number of pyridine rings is 2. The van der Waals surface area contributed by atoms with E-state index in [1.807, 2.05) is 33.8 Å². The van der Waals surface area contributed by atoms with Crippen LogP contribution in [-0.4, -0.2) is 43.4 Å². The summed E-state index contributed by atoms with van der Waals surface area (Å²) in [6, 6.07) is 5.34. The molecule has 0 spiro atoms. The standard InChI is InChI=1S/C22H28N6O3/c1-6-31-14(2)16-12-17(24-13-23-16)25-18-11-15-7-8-28(9-10-29)21(30)19(15)20(26-18)27-22(3,4)5/h7-8,11-13,29H,2,6,9-10H2,1,3-5H3,(H2,23,24,25,26,27). The van der Waals surface area contributed by atoms with Gasteiger partial charge >= 0.3 is 0 Å². The Labute approximate surface area is 180 Å². The molecule has 0 amide bonds. The molecular weight excluding hydrogens is 396 g/mol. The summed E-state index contributed by atoms with van der Waals surface area (Å²) in [5.74, 6) is 1.95. The second-order valence-corrected chi connectivity index (χ2v) is 8.00. The highest BCUT2D eigenvalue weighted by molar-refractivity contribution is 5.93. The predicted molar refractivity (Wildman–Crippen MR) is 122 cm³/mol. The Bertz CT molecular complexity index is 1150. The first-order chi connectivity index (χ1) is 14.7. The number of aromatic nitrogens is 4. The van der Waals surface area contributed by atoms with Crippen molar-refractivity contribution in [2.24, 2.45) is 0 Å². The van der Waals surface area contributed by atoms with Crippen molar-refractivity contribution in [2.45, 2.75) is 39.8 Å². The number of fused-ring (bicyclic) bond motifs is 1. The zero-order chi connectivity index (χ0) is 22.6. The van der Waals surface area contributed by atoms with Crippen LogP contribution in [0.5, 0.6) is 0 Å². The highest BCUT2D eigenvalue weighted by Crippen LogP contribution is 2.26. The van der Waals surface area contributed by atoms with E-state index in [1.54, 1.807) is 18.3 Å². The molecule has 3 rings (SSSR count). The van der Waals surface area contributed by atoms with E-state index in [0.29, 0.717) is 40.9 Å². The lowest BCUT2D eigenvalue weighted by molar-refractivity contribution is 0.274. The summed E-state index contributed by atoms with van der Waals surface area (Å²) < 4.78 is 6.89. The largest absolute Gasteiger partial charge is 0.492 e. The molecule has 3 aromatic heterocycles. The molecule has 3 heterocycles. The molecule has 9 nitrogen and oxygen atoms in total. The SMILES string of the molecule is C=C(OCC)c1cc(Nc2cc3ccn(CCO)c(=O)c3c(NC(C)(C)C)n2)ncn1. The van der Waals surface area contributed by atoms with Crippen molar-refractivity contribution in [3.05, 3.63) is 53.3 Å². The van der Waals surface area contributed by atoms with E-state index in [0.717, 1.165) is 5.39 Å². The second kappa shape index (κ2) is 9.13. The van der Waals surface area contributed by atoms with Gasteiger partial charge in [-0.3, -0.25) is 4.79 Å². The number of aliphatic hydroxyl groups excluding tert-OH is 1. The van der Waals surface area contributed by atoms with Crippen LogP contribution in [0.4, 0.5) is 17.5 Å². The fraction of sp³-hybridized carbons (Fsp3) is 0.364. The maximum atomic E-state index is 13.0. The van der Waals surface area contributed by atoms with Crippen molar-refractivity contribution in [1.82, 2.24) is 19.5 Å². The quantitative estimate of drug-likeness (QED) is 0.473. The van der Waals surface area contributed by atoms with Gasteiger partial charge in [-0.2, -0.15) is 0 Å². The van der Waals surface area contributed by atoms with Gasteiger partial charge in [-0.15, -0.1) is 0 Å². The number of ether oxygens (including phenoxy) is 1. The highest BCUT2D eigenvalue weighted by Gasteiger charge is 2.17. The molecule has 9 heteroatoms. The van der Waals surface area contributed by atoms with E-state index in [1.165, 1.54) is 10.9 Å². The minimum Gasteiger partial charge on any atom is -0.492 e. The van der Waals surface area contributed by atoms with Crippen molar-refractivity contribution in [2.75, 3.05) is 23.8 Å². The third-order valence-electron chi connectivity index (χ3n) is 4.32. The summed E-state index contributed by atoms with van der Waals surface area (Å²) in [5.41, 5.74) is 0.0368. The van der Waals surface area contributed by atoms with Crippen molar-refractivity contribution in [1.29, 1.82) is 0 Å². The number of nitrogens with zero attached hydrogens (tertiary/aromatic N) is 4. The molecular formula is C22H28N6O3. The van der Waals surface area contributed by atoms with Gasteiger partial charge in [0.15, 0.2) is 0 Å². The summed E-state index contributed by atoms with van der Waals surface area (Å²) in [6.07, 6.45) is 3.09. The zero-order valence-electron chi connectivity index (χ0n) is 18.3. The number of hydrogen-bond donors (Lipinski definition) is 3. The monoisotopic (exact) mass is 424 g/mol. The molecule has 3 N–H and O–H groups in total. The van der Waals surface area contributed by atoms with Crippen LogP contribution in [0.2, 0.25) is 0 Å². The number of anilines is 3. The molecule has 0 aromatic carbocycles. The van der Waals surface area contributed by atoms with Gasteiger partial charge in [0.25, 0.3) is 5.56 Å². The van der Waals surface area contributed by atoms with Gasteiger partial charge in [0, 0.05) is 24.3 Å². The lowest BCUT2D eigenvalue weighted by Crippen LogP contribution is -2.29. The molecule has 0 aliphatic carbocycles. The maximum Gasteiger partial charge on any atom is 0.262 e. The van der Waals surface area contributed by atoms with E-state index in [4.69, 9.17) is 4.74 Å². The Morgan fingerprint density at radius 3 is 2.71 bits per heavy atom. The molecule has 0 fully saturated rings. The molecule has 3 aromatic rings. The van der Waals surface area contributed by atoms with Crippen LogP contribution in [0.1, 0.15) is 33.4 Å². The number of hydrogen-bond acceptors (Lipinski definition) is 8. The molecule has 0 radical (unpaired) electrons. The molecule has 0 aliphatic heterocycles. The van der Waals surface area contributed by atoms with Gasteiger partial charge in [-0.1, -0.05) is 6.58 Å².